The van der Waals surface area contributed by atoms with Crippen molar-refractivity contribution in [2.75, 3.05) is 25.1 Å². The molecule has 2 heterocycles. The number of para-hydroxylation sites is 1. The van der Waals surface area contributed by atoms with Crippen molar-refractivity contribution in [3.63, 3.8) is 0 Å². The Morgan fingerprint density at radius 2 is 2.07 bits per heavy atom. The van der Waals surface area contributed by atoms with E-state index in [2.05, 4.69) is 16.5 Å². The van der Waals surface area contributed by atoms with Crippen LogP contribution in [0.5, 0.6) is 5.75 Å². The van der Waals surface area contributed by atoms with Gasteiger partial charge < -0.3 is 14.2 Å². The van der Waals surface area contributed by atoms with Crippen molar-refractivity contribution in [1.29, 1.82) is 0 Å². The normalized spacial score (nSPS) is 13.9. The van der Waals surface area contributed by atoms with Gasteiger partial charge in [0.05, 0.1) is 30.7 Å². The Hall–Kier alpha value is -3.15. The van der Waals surface area contributed by atoms with Gasteiger partial charge in [-0.25, -0.2) is 8.78 Å². The van der Waals surface area contributed by atoms with Crippen LogP contribution in [0.1, 0.15) is 11.3 Å². The van der Waals surface area contributed by atoms with Crippen LogP contribution in [0.25, 0.3) is 17.0 Å². The van der Waals surface area contributed by atoms with E-state index in [0.717, 1.165) is 40.1 Å². The quantitative estimate of drug-likeness (QED) is 0.574. The number of hydrogen-bond acceptors (Lipinski definition) is 3. The molecule has 2 aromatic carbocycles. The van der Waals surface area contributed by atoms with E-state index in [9.17, 15) is 8.78 Å². The number of hydrogen-bond donors (Lipinski definition) is 0. The third-order valence-corrected chi connectivity index (χ3v) is 4.88. The number of alkyl halides is 2. The standard InChI is InChI=1S/C22H21F2N3O/c1-3-15-10-18(22-20(11-15)28-9-8-26(22)2)25-13-17-12-16-6-4-5-7-19(16)27(17)14-21(23)24/h3-7,10-13,21H,1,8-9,14H2,2H3. The van der Waals surface area contributed by atoms with Crippen molar-refractivity contribution in [3.8, 4) is 5.75 Å². The SMILES string of the molecule is C=Cc1cc(N=Cc2cc3ccccc3n2CC(F)F)c2c(c1)OCCN2C. The summed E-state index contributed by atoms with van der Waals surface area (Å²) in [4.78, 5) is 6.74. The van der Waals surface area contributed by atoms with Crippen LogP contribution in [-0.2, 0) is 6.54 Å². The second-order valence-electron chi connectivity index (χ2n) is 6.75. The molecule has 3 aromatic rings. The maximum absolute atomic E-state index is 13.1. The second kappa shape index (κ2) is 7.46. The van der Waals surface area contributed by atoms with Crippen LogP contribution in [-0.4, -0.2) is 37.4 Å². The fourth-order valence-electron chi connectivity index (χ4n) is 3.54. The number of fused-ring (bicyclic) bond motifs is 2. The number of benzene rings is 2. The Morgan fingerprint density at radius 3 is 2.86 bits per heavy atom. The van der Waals surface area contributed by atoms with E-state index in [-0.39, 0.29) is 6.54 Å². The highest BCUT2D eigenvalue weighted by Crippen LogP contribution is 2.41. The summed E-state index contributed by atoms with van der Waals surface area (Å²) in [5.41, 5.74) is 3.92. The second-order valence-corrected chi connectivity index (χ2v) is 6.75. The van der Waals surface area contributed by atoms with Gasteiger partial charge in [-0.3, -0.25) is 4.99 Å². The minimum atomic E-state index is -2.45. The number of aliphatic imine (C=N–C) groups is 1. The third-order valence-electron chi connectivity index (χ3n) is 4.88. The number of rotatable bonds is 5. The lowest BCUT2D eigenvalue weighted by molar-refractivity contribution is 0.128. The molecule has 0 saturated heterocycles. The van der Waals surface area contributed by atoms with Crippen LogP contribution in [0.15, 0.2) is 54.0 Å². The summed E-state index contributed by atoms with van der Waals surface area (Å²) in [5, 5.41) is 0.909. The first-order chi connectivity index (χ1) is 13.6. The molecule has 1 aromatic heterocycles. The zero-order chi connectivity index (χ0) is 19.7. The lowest BCUT2D eigenvalue weighted by Crippen LogP contribution is -2.28. The first-order valence-electron chi connectivity index (χ1n) is 9.11. The van der Waals surface area contributed by atoms with Crippen LogP contribution >= 0.6 is 0 Å². The highest BCUT2D eigenvalue weighted by molar-refractivity contribution is 5.93. The van der Waals surface area contributed by atoms with E-state index in [4.69, 9.17) is 4.74 Å². The number of halogens is 2. The predicted molar refractivity (Wildman–Crippen MR) is 110 cm³/mol. The van der Waals surface area contributed by atoms with Crippen molar-refractivity contribution >= 4 is 34.6 Å². The molecule has 4 nitrogen and oxygen atoms in total. The summed E-state index contributed by atoms with van der Waals surface area (Å²) in [6.45, 7) is 4.82. The molecule has 0 fully saturated rings. The van der Waals surface area contributed by atoms with Gasteiger partial charge in [0.2, 0.25) is 0 Å². The smallest absolute Gasteiger partial charge is 0.256 e. The van der Waals surface area contributed by atoms with Crippen LogP contribution < -0.4 is 9.64 Å². The Bertz CT molecular complexity index is 1060. The van der Waals surface area contributed by atoms with Gasteiger partial charge in [0, 0.05) is 18.0 Å². The lowest BCUT2D eigenvalue weighted by Gasteiger charge is -2.29. The summed E-state index contributed by atoms with van der Waals surface area (Å²) < 4.78 is 33.7. The minimum Gasteiger partial charge on any atom is -0.489 e. The van der Waals surface area contributed by atoms with Gasteiger partial charge in [-0.1, -0.05) is 30.9 Å². The van der Waals surface area contributed by atoms with E-state index in [1.54, 1.807) is 16.9 Å². The Morgan fingerprint density at radius 1 is 1.25 bits per heavy atom. The number of anilines is 1. The maximum atomic E-state index is 13.1. The maximum Gasteiger partial charge on any atom is 0.256 e. The van der Waals surface area contributed by atoms with Crippen LogP contribution in [0.4, 0.5) is 20.2 Å². The fourth-order valence-corrected chi connectivity index (χ4v) is 3.54. The molecule has 0 bridgehead atoms. The van der Waals surface area contributed by atoms with Crippen LogP contribution in [0.2, 0.25) is 0 Å². The van der Waals surface area contributed by atoms with Gasteiger partial charge in [0.1, 0.15) is 18.0 Å². The van der Waals surface area contributed by atoms with E-state index >= 15 is 0 Å². The van der Waals surface area contributed by atoms with Crippen molar-refractivity contribution in [2.24, 2.45) is 4.99 Å². The van der Waals surface area contributed by atoms with E-state index in [1.807, 2.05) is 49.5 Å². The summed E-state index contributed by atoms with van der Waals surface area (Å²) in [6.07, 6.45) is 0.942. The van der Waals surface area contributed by atoms with Gasteiger partial charge in [-0.15, -0.1) is 0 Å². The summed E-state index contributed by atoms with van der Waals surface area (Å²) >= 11 is 0. The van der Waals surface area contributed by atoms with Gasteiger partial charge in [-0.05, 0) is 29.8 Å². The molecule has 0 spiro atoms. The van der Waals surface area contributed by atoms with E-state index in [1.165, 1.54) is 0 Å². The number of ether oxygens (including phenoxy) is 1. The van der Waals surface area contributed by atoms with Gasteiger partial charge in [-0.2, -0.15) is 0 Å². The number of nitrogens with zero attached hydrogens (tertiary/aromatic N) is 3. The van der Waals surface area contributed by atoms with Crippen LogP contribution in [0, 0.1) is 0 Å². The zero-order valence-electron chi connectivity index (χ0n) is 15.6. The van der Waals surface area contributed by atoms with Crippen molar-refractivity contribution < 1.29 is 13.5 Å². The zero-order valence-corrected chi connectivity index (χ0v) is 15.6. The molecule has 28 heavy (non-hydrogen) atoms. The molecular formula is C22H21F2N3O. The molecule has 4 rings (SSSR count). The highest BCUT2D eigenvalue weighted by Gasteiger charge is 2.20. The molecule has 0 saturated carbocycles. The monoisotopic (exact) mass is 381 g/mol. The molecule has 6 heteroatoms. The van der Waals surface area contributed by atoms with Crippen molar-refractivity contribution in [2.45, 2.75) is 13.0 Å². The molecule has 1 aliphatic heterocycles. The molecule has 0 unspecified atom stereocenters. The molecule has 1 aliphatic rings. The summed E-state index contributed by atoms with van der Waals surface area (Å²) in [5.74, 6) is 0.756. The summed E-state index contributed by atoms with van der Waals surface area (Å²) in [7, 11) is 1.99. The minimum absolute atomic E-state index is 0.372. The molecule has 0 radical (unpaired) electrons. The molecular weight excluding hydrogens is 360 g/mol. The average Bonchev–Trinajstić information content (AvgIpc) is 3.03. The van der Waals surface area contributed by atoms with Gasteiger partial charge in [0.25, 0.3) is 6.43 Å². The highest BCUT2D eigenvalue weighted by atomic mass is 19.3. The average molecular weight is 381 g/mol. The number of likely N-dealkylation sites (N-methyl/N-ethyl adjacent to an activating group) is 1. The van der Waals surface area contributed by atoms with E-state index < -0.39 is 6.43 Å². The van der Waals surface area contributed by atoms with E-state index in [0.29, 0.717) is 12.3 Å². The Kier molecular flexibility index (Phi) is 4.86. The molecule has 0 N–H and O–H groups in total. The topological polar surface area (TPSA) is 29.8 Å². The lowest BCUT2D eigenvalue weighted by atomic mass is 10.1. The Balaban J connectivity index is 1.81. The van der Waals surface area contributed by atoms with Crippen molar-refractivity contribution in [1.82, 2.24) is 4.57 Å². The largest absolute Gasteiger partial charge is 0.489 e. The third kappa shape index (κ3) is 3.38. The van der Waals surface area contributed by atoms with Gasteiger partial charge >= 0.3 is 0 Å². The first kappa shape index (κ1) is 18.2. The van der Waals surface area contributed by atoms with Gasteiger partial charge in [0.15, 0.2) is 0 Å². The summed E-state index contributed by atoms with van der Waals surface area (Å²) in [6, 6.07) is 13.2. The molecule has 144 valence electrons. The molecule has 0 atom stereocenters. The van der Waals surface area contributed by atoms with Crippen LogP contribution in [0.3, 0.4) is 0 Å². The predicted octanol–water partition coefficient (Wildman–Crippen LogP) is 5.13. The fraction of sp³-hybridized carbons (Fsp3) is 0.227. The van der Waals surface area contributed by atoms with Crippen molar-refractivity contribution in [3.05, 3.63) is 60.3 Å². The number of aromatic nitrogens is 1. The first-order valence-corrected chi connectivity index (χ1v) is 9.11. The Labute approximate surface area is 162 Å². The molecule has 0 aliphatic carbocycles. The molecule has 0 amide bonds.